The topological polar surface area (TPSA) is 41.6 Å². The molecule has 0 spiro atoms. The van der Waals surface area contributed by atoms with Crippen molar-refractivity contribution in [3.05, 3.63) is 58.6 Å². The first-order valence-corrected chi connectivity index (χ1v) is 6.98. The van der Waals surface area contributed by atoms with Gasteiger partial charge in [-0.3, -0.25) is 4.57 Å². The number of benzene rings is 2. The standard InChI is InChI=1S/C15H8Cl2FN3/c16-7-15-20-13-6-10(17)1-4-14(13)21(15)11-2-3-12(18)9(5-11)8-19/h1-6H,7H2. The Labute approximate surface area is 130 Å². The van der Waals surface area contributed by atoms with Crippen LogP contribution in [0.1, 0.15) is 11.4 Å². The fourth-order valence-corrected chi connectivity index (χ4v) is 2.56. The minimum atomic E-state index is -0.555. The SMILES string of the molecule is N#Cc1cc(-n2c(CCl)nc3cc(Cl)ccc32)ccc1F. The molecular weight excluding hydrogens is 312 g/mol. The summed E-state index contributed by atoms with van der Waals surface area (Å²) >= 11 is 11.9. The lowest BCUT2D eigenvalue weighted by molar-refractivity contribution is 0.623. The first-order valence-electron chi connectivity index (χ1n) is 6.07. The highest BCUT2D eigenvalue weighted by atomic mass is 35.5. The molecule has 0 unspecified atom stereocenters. The predicted octanol–water partition coefficient (Wildman–Crippen LogP) is 4.43. The van der Waals surface area contributed by atoms with Crippen LogP contribution >= 0.6 is 23.2 Å². The summed E-state index contributed by atoms with van der Waals surface area (Å²) in [6.45, 7) is 0. The van der Waals surface area contributed by atoms with Crippen molar-refractivity contribution in [1.29, 1.82) is 5.26 Å². The van der Waals surface area contributed by atoms with E-state index in [4.69, 9.17) is 28.5 Å². The Hall–Kier alpha value is -2.09. The van der Waals surface area contributed by atoms with Gasteiger partial charge in [-0.25, -0.2) is 9.37 Å². The molecule has 0 saturated heterocycles. The van der Waals surface area contributed by atoms with Crippen LogP contribution in [0.2, 0.25) is 5.02 Å². The van der Waals surface area contributed by atoms with E-state index in [2.05, 4.69) is 4.98 Å². The van der Waals surface area contributed by atoms with Crippen LogP contribution in [-0.2, 0) is 5.88 Å². The van der Waals surface area contributed by atoms with Crippen LogP contribution in [0.3, 0.4) is 0 Å². The van der Waals surface area contributed by atoms with E-state index in [-0.39, 0.29) is 11.4 Å². The van der Waals surface area contributed by atoms with Gasteiger partial charge in [0, 0.05) is 10.7 Å². The Bertz CT molecular complexity index is 880. The molecule has 3 rings (SSSR count). The lowest BCUT2D eigenvalue weighted by Crippen LogP contribution is -2.00. The Morgan fingerprint density at radius 1 is 1.24 bits per heavy atom. The number of aromatic nitrogens is 2. The maximum Gasteiger partial charge on any atom is 0.141 e. The number of nitriles is 1. The molecule has 3 nitrogen and oxygen atoms in total. The van der Waals surface area contributed by atoms with Crippen molar-refractivity contribution in [3.63, 3.8) is 0 Å². The van der Waals surface area contributed by atoms with Gasteiger partial charge in [0.2, 0.25) is 0 Å². The van der Waals surface area contributed by atoms with Crippen LogP contribution in [0, 0.1) is 17.1 Å². The van der Waals surface area contributed by atoms with Gasteiger partial charge in [-0.2, -0.15) is 5.26 Å². The summed E-state index contributed by atoms with van der Waals surface area (Å²) in [5.41, 5.74) is 2.10. The fourth-order valence-electron chi connectivity index (χ4n) is 2.22. The largest absolute Gasteiger partial charge is 0.295 e. The molecule has 1 heterocycles. The maximum atomic E-state index is 13.5. The molecule has 0 saturated carbocycles. The van der Waals surface area contributed by atoms with Gasteiger partial charge < -0.3 is 0 Å². The molecule has 0 aliphatic rings. The number of hydrogen-bond acceptors (Lipinski definition) is 2. The van der Waals surface area contributed by atoms with E-state index in [0.717, 1.165) is 5.52 Å². The van der Waals surface area contributed by atoms with E-state index in [1.165, 1.54) is 12.1 Å². The molecule has 0 N–H and O–H groups in total. The van der Waals surface area contributed by atoms with Crippen molar-refractivity contribution in [1.82, 2.24) is 9.55 Å². The third-order valence-corrected chi connectivity index (χ3v) is 3.61. The minimum Gasteiger partial charge on any atom is -0.295 e. The number of rotatable bonds is 2. The average molecular weight is 320 g/mol. The smallest absolute Gasteiger partial charge is 0.141 e. The van der Waals surface area contributed by atoms with E-state index in [9.17, 15) is 4.39 Å². The number of imidazole rings is 1. The van der Waals surface area contributed by atoms with Crippen molar-refractivity contribution in [2.24, 2.45) is 0 Å². The van der Waals surface area contributed by atoms with E-state index in [0.29, 0.717) is 22.1 Å². The third-order valence-electron chi connectivity index (χ3n) is 3.13. The van der Waals surface area contributed by atoms with Crippen LogP contribution in [0.5, 0.6) is 0 Å². The quantitative estimate of drug-likeness (QED) is 0.656. The van der Waals surface area contributed by atoms with Crippen molar-refractivity contribution in [3.8, 4) is 11.8 Å². The van der Waals surface area contributed by atoms with Crippen LogP contribution in [-0.4, -0.2) is 9.55 Å². The summed E-state index contributed by atoms with van der Waals surface area (Å²) in [5.74, 6) is 0.233. The monoisotopic (exact) mass is 319 g/mol. The van der Waals surface area contributed by atoms with Crippen LogP contribution in [0.4, 0.5) is 4.39 Å². The van der Waals surface area contributed by atoms with Crippen LogP contribution < -0.4 is 0 Å². The Morgan fingerprint density at radius 2 is 2.05 bits per heavy atom. The van der Waals surface area contributed by atoms with Crippen molar-refractivity contribution >= 4 is 34.2 Å². The van der Waals surface area contributed by atoms with E-state index in [1.54, 1.807) is 22.8 Å². The Balaban J connectivity index is 2.31. The van der Waals surface area contributed by atoms with Gasteiger partial charge in [-0.15, -0.1) is 11.6 Å². The zero-order chi connectivity index (χ0) is 15.0. The molecule has 0 radical (unpaired) electrons. The second-order valence-corrected chi connectivity index (χ2v) is 5.11. The summed E-state index contributed by atoms with van der Waals surface area (Å²) in [6, 6.07) is 11.4. The van der Waals surface area contributed by atoms with Crippen molar-refractivity contribution in [2.75, 3.05) is 0 Å². The molecule has 3 aromatic rings. The highest BCUT2D eigenvalue weighted by Gasteiger charge is 2.13. The molecule has 2 aromatic carbocycles. The third kappa shape index (κ3) is 2.35. The first kappa shape index (κ1) is 13.9. The molecule has 0 amide bonds. The van der Waals surface area contributed by atoms with Crippen LogP contribution in [0.25, 0.3) is 16.7 Å². The lowest BCUT2D eigenvalue weighted by Gasteiger charge is -2.08. The zero-order valence-corrected chi connectivity index (χ0v) is 12.2. The van der Waals surface area contributed by atoms with E-state index < -0.39 is 5.82 Å². The molecule has 0 atom stereocenters. The molecule has 0 aliphatic carbocycles. The first-order chi connectivity index (χ1) is 10.1. The predicted molar refractivity (Wildman–Crippen MR) is 80.3 cm³/mol. The molecule has 0 bridgehead atoms. The minimum absolute atomic E-state index is 0.0242. The second kappa shape index (κ2) is 5.36. The normalized spacial score (nSPS) is 10.8. The second-order valence-electron chi connectivity index (χ2n) is 4.41. The zero-order valence-electron chi connectivity index (χ0n) is 10.6. The summed E-state index contributed by atoms with van der Waals surface area (Å²) in [6.07, 6.45) is 0. The van der Waals surface area contributed by atoms with Crippen molar-refractivity contribution in [2.45, 2.75) is 5.88 Å². The summed E-state index contributed by atoms with van der Waals surface area (Å²) in [5, 5.41) is 9.53. The molecule has 1 aromatic heterocycles. The molecule has 6 heteroatoms. The highest BCUT2D eigenvalue weighted by molar-refractivity contribution is 6.31. The van der Waals surface area contributed by atoms with E-state index in [1.807, 2.05) is 12.1 Å². The summed E-state index contributed by atoms with van der Waals surface area (Å²) in [7, 11) is 0. The number of hydrogen-bond donors (Lipinski definition) is 0. The number of nitrogens with zero attached hydrogens (tertiary/aromatic N) is 3. The van der Waals surface area contributed by atoms with Gasteiger partial charge in [0.25, 0.3) is 0 Å². The number of halogens is 3. The van der Waals surface area contributed by atoms with Gasteiger partial charge in [0.1, 0.15) is 17.7 Å². The van der Waals surface area contributed by atoms with E-state index >= 15 is 0 Å². The molecule has 104 valence electrons. The molecule has 21 heavy (non-hydrogen) atoms. The summed E-state index contributed by atoms with van der Waals surface area (Å²) in [4.78, 5) is 4.42. The van der Waals surface area contributed by atoms with Gasteiger partial charge in [-0.1, -0.05) is 11.6 Å². The average Bonchev–Trinajstić information content (AvgIpc) is 2.85. The van der Waals surface area contributed by atoms with Gasteiger partial charge in [0.15, 0.2) is 0 Å². The van der Waals surface area contributed by atoms with Gasteiger partial charge in [-0.05, 0) is 36.4 Å². The summed E-state index contributed by atoms with van der Waals surface area (Å²) < 4.78 is 15.3. The lowest BCUT2D eigenvalue weighted by atomic mass is 10.2. The van der Waals surface area contributed by atoms with Crippen molar-refractivity contribution < 1.29 is 4.39 Å². The number of alkyl halides is 1. The molecule has 0 fully saturated rings. The molecule has 0 aliphatic heterocycles. The number of fused-ring (bicyclic) bond motifs is 1. The Kier molecular flexibility index (Phi) is 3.54. The van der Waals surface area contributed by atoms with Crippen LogP contribution in [0.15, 0.2) is 36.4 Å². The fraction of sp³-hybridized carbons (Fsp3) is 0.0667. The highest BCUT2D eigenvalue weighted by Crippen LogP contribution is 2.26. The Morgan fingerprint density at radius 3 is 2.76 bits per heavy atom. The molecular formula is C15H8Cl2FN3. The maximum absolute atomic E-state index is 13.5. The van der Waals surface area contributed by atoms with Gasteiger partial charge in [0.05, 0.1) is 22.5 Å². The van der Waals surface area contributed by atoms with Gasteiger partial charge >= 0.3 is 0 Å².